The molecule has 0 fully saturated rings. The Morgan fingerprint density at radius 3 is 2.50 bits per heavy atom. The van der Waals surface area contributed by atoms with Crippen LogP contribution in [0.4, 0.5) is 0 Å². The van der Waals surface area contributed by atoms with Crippen LogP contribution >= 0.6 is 0 Å². The van der Waals surface area contributed by atoms with Gasteiger partial charge in [-0.25, -0.2) is 0 Å². The highest BCUT2D eigenvalue weighted by Gasteiger charge is 2.16. The van der Waals surface area contributed by atoms with Crippen molar-refractivity contribution in [3.63, 3.8) is 0 Å². The highest BCUT2D eigenvalue weighted by molar-refractivity contribution is 5.17. The maximum absolute atomic E-state index is 6.17. The minimum Gasteiger partial charge on any atom is -0.322 e. The number of nitrogens with zero attached hydrogens (tertiary/aromatic N) is 1. The molecule has 0 spiro atoms. The molecule has 0 radical (unpaired) electrons. The molecule has 1 atom stereocenters. The minimum atomic E-state index is 0.0879. The topological polar surface area (TPSA) is 38.9 Å². The second-order valence-electron chi connectivity index (χ2n) is 3.86. The second kappa shape index (κ2) is 5.11. The Hall–Kier alpha value is -0.890. The van der Waals surface area contributed by atoms with Gasteiger partial charge >= 0.3 is 0 Å². The van der Waals surface area contributed by atoms with E-state index in [2.05, 4.69) is 31.8 Å². The molecule has 0 bridgehead atoms. The third kappa shape index (κ3) is 2.55. The molecule has 0 aliphatic heterocycles. The molecule has 0 aliphatic carbocycles. The lowest BCUT2D eigenvalue weighted by molar-refractivity contribution is 0.399. The number of pyridine rings is 1. The first-order valence-electron chi connectivity index (χ1n) is 5.37. The molecule has 1 rings (SSSR count). The molecule has 1 unspecified atom stereocenters. The summed E-state index contributed by atoms with van der Waals surface area (Å²) in [5.74, 6) is 0.546. The van der Waals surface area contributed by atoms with Crippen molar-refractivity contribution in [3.05, 3.63) is 29.6 Å². The van der Waals surface area contributed by atoms with E-state index >= 15 is 0 Å². The molecule has 0 saturated heterocycles. The van der Waals surface area contributed by atoms with Gasteiger partial charge in [0.1, 0.15) is 0 Å². The van der Waals surface area contributed by atoms with Crippen molar-refractivity contribution < 1.29 is 0 Å². The molecule has 78 valence electrons. The first kappa shape index (κ1) is 11.2. The monoisotopic (exact) mass is 192 g/mol. The van der Waals surface area contributed by atoms with Gasteiger partial charge in [-0.15, -0.1) is 0 Å². The van der Waals surface area contributed by atoms with Crippen LogP contribution in [0.1, 0.15) is 44.0 Å². The first-order valence-corrected chi connectivity index (χ1v) is 5.37. The summed E-state index contributed by atoms with van der Waals surface area (Å²) >= 11 is 0. The molecular formula is C12H20N2. The number of hydrogen-bond acceptors (Lipinski definition) is 2. The molecule has 2 heteroatoms. The summed E-state index contributed by atoms with van der Waals surface area (Å²) in [7, 11) is 0. The average Bonchev–Trinajstić information content (AvgIpc) is 2.19. The average molecular weight is 192 g/mol. The highest BCUT2D eigenvalue weighted by Crippen LogP contribution is 2.23. The van der Waals surface area contributed by atoms with E-state index in [-0.39, 0.29) is 6.04 Å². The van der Waals surface area contributed by atoms with Crippen molar-refractivity contribution in [2.75, 3.05) is 0 Å². The van der Waals surface area contributed by atoms with Gasteiger partial charge in [-0.2, -0.15) is 0 Å². The predicted molar refractivity (Wildman–Crippen MR) is 60.0 cm³/mol. The zero-order valence-electron chi connectivity index (χ0n) is 9.33. The zero-order chi connectivity index (χ0) is 10.6. The molecule has 0 amide bonds. The maximum atomic E-state index is 6.17. The molecular weight excluding hydrogens is 172 g/mol. The molecule has 1 aromatic rings. The predicted octanol–water partition coefficient (Wildman–Crippen LogP) is 2.83. The summed E-state index contributed by atoms with van der Waals surface area (Å²) in [6.45, 7) is 6.44. The number of aryl methyl sites for hydroxylation is 1. The van der Waals surface area contributed by atoms with E-state index < -0.39 is 0 Å². The number of rotatable bonds is 4. The maximum Gasteiger partial charge on any atom is 0.0576 e. The summed E-state index contributed by atoms with van der Waals surface area (Å²) in [5.41, 5.74) is 8.43. The highest BCUT2D eigenvalue weighted by atomic mass is 14.8. The summed E-state index contributed by atoms with van der Waals surface area (Å²) in [6.07, 6.45) is 4.08. The van der Waals surface area contributed by atoms with Crippen LogP contribution in [0.25, 0.3) is 0 Å². The molecule has 2 nitrogen and oxygen atoms in total. The third-order valence-electron chi connectivity index (χ3n) is 2.83. The van der Waals surface area contributed by atoms with Gasteiger partial charge in [0.2, 0.25) is 0 Å². The Labute approximate surface area is 86.5 Å². The van der Waals surface area contributed by atoms with Gasteiger partial charge in [-0.3, -0.25) is 4.98 Å². The van der Waals surface area contributed by atoms with Gasteiger partial charge in [0.05, 0.1) is 5.69 Å². The molecule has 0 aromatic carbocycles. The van der Waals surface area contributed by atoms with Crippen LogP contribution in [0, 0.1) is 12.8 Å². The lowest BCUT2D eigenvalue weighted by Gasteiger charge is -2.20. The van der Waals surface area contributed by atoms with Crippen molar-refractivity contribution in [2.45, 2.75) is 39.7 Å². The molecule has 1 aromatic heterocycles. The van der Waals surface area contributed by atoms with E-state index in [0.29, 0.717) is 5.92 Å². The summed E-state index contributed by atoms with van der Waals surface area (Å²) in [4.78, 5) is 4.33. The van der Waals surface area contributed by atoms with Crippen LogP contribution in [0.2, 0.25) is 0 Å². The third-order valence-corrected chi connectivity index (χ3v) is 2.83. The molecule has 0 aliphatic rings. The van der Waals surface area contributed by atoms with E-state index in [1.807, 2.05) is 12.3 Å². The van der Waals surface area contributed by atoms with Gasteiger partial charge in [0.25, 0.3) is 0 Å². The van der Waals surface area contributed by atoms with Crippen molar-refractivity contribution in [2.24, 2.45) is 11.7 Å². The summed E-state index contributed by atoms with van der Waals surface area (Å²) in [6, 6.07) is 4.18. The van der Waals surface area contributed by atoms with E-state index in [0.717, 1.165) is 18.5 Å². The molecule has 0 saturated carbocycles. The lowest BCUT2D eigenvalue weighted by atomic mass is 9.92. The van der Waals surface area contributed by atoms with Gasteiger partial charge in [-0.1, -0.05) is 26.7 Å². The number of hydrogen-bond donors (Lipinski definition) is 1. The minimum absolute atomic E-state index is 0.0879. The largest absolute Gasteiger partial charge is 0.322 e. The van der Waals surface area contributed by atoms with E-state index in [1.54, 1.807) is 0 Å². The first-order chi connectivity index (χ1) is 6.69. The van der Waals surface area contributed by atoms with Crippen LogP contribution in [0.15, 0.2) is 18.3 Å². The number of nitrogens with two attached hydrogens (primary N) is 1. The van der Waals surface area contributed by atoms with E-state index in [1.165, 1.54) is 5.56 Å². The Bertz CT molecular complexity index is 279. The molecule has 1 heterocycles. The SMILES string of the molecule is CCC(CC)C(N)c1cc(C)ccn1. The van der Waals surface area contributed by atoms with Crippen LogP contribution < -0.4 is 5.73 Å². The zero-order valence-corrected chi connectivity index (χ0v) is 9.33. The van der Waals surface area contributed by atoms with Gasteiger partial charge in [0, 0.05) is 12.2 Å². The van der Waals surface area contributed by atoms with Crippen molar-refractivity contribution in [1.29, 1.82) is 0 Å². The van der Waals surface area contributed by atoms with E-state index in [9.17, 15) is 0 Å². The number of aromatic nitrogens is 1. The fraction of sp³-hybridized carbons (Fsp3) is 0.583. The van der Waals surface area contributed by atoms with E-state index in [4.69, 9.17) is 5.73 Å². The molecule has 14 heavy (non-hydrogen) atoms. The van der Waals surface area contributed by atoms with Crippen molar-refractivity contribution in [3.8, 4) is 0 Å². The summed E-state index contributed by atoms with van der Waals surface area (Å²) < 4.78 is 0. The smallest absolute Gasteiger partial charge is 0.0576 e. The molecule has 2 N–H and O–H groups in total. The lowest BCUT2D eigenvalue weighted by Crippen LogP contribution is -2.21. The fourth-order valence-corrected chi connectivity index (χ4v) is 1.78. The van der Waals surface area contributed by atoms with Gasteiger partial charge in [0.15, 0.2) is 0 Å². The Morgan fingerprint density at radius 1 is 1.36 bits per heavy atom. The normalized spacial score (nSPS) is 13.2. The van der Waals surface area contributed by atoms with Crippen molar-refractivity contribution in [1.82, 2.24) is 4.98 Å². The van der Waals surface area contributed by atoms with Crippen LogP contribution in [-0.4, -0.2) is 4.98 Å². The Morgan fingerprint density at radius 2 is 2.00 bits per heavy atom. The Kier molecular flexibility index (Phi) is 4.08. The van der Waals surface area contributed by atoms with Crippen LogP contribution in [0.3, 0.4) is 0 Å². The van der Waals surface area contributed by atoms with Crippen LogP contribution in [0.5, 0.6) is 0 Å². The quantitative estimate of drug-likeness (QED) is 0.796. The Balaban J connectivity index is 2.82. The summed E-state index contributed by atoms with van der Waals surface area (Å²) in [5, 5.41) is 0. The van der Waals surface area contributed by atoms with Crippen LogP contribution in [-0.2, 0) is 0 Å². The van der Waals surface area contributed by atoms with Crippen molar-refractivity contribution >= 4 is 0 Å². The standard InChI is InChI=1S/C12H20N2/c1-4-10(5-2)12(13)11-8-9(3)6-7-14-11/h6-8,10,12H,4-5,13H2,1-3H3. The van der Waals surface area contributed by atoms with Gasteiger partial charge < -0.3 is 5.73 Å². The second-order valence-corrected chi connectivity index (χ2v) is 3.86. The fourth-order valence-electron chi connectivity index (χ4n) is 1.78. The van der Waals surface area contributed by atoms with Gasteiger partial charge in [-0.05, 0) is 30.5 Å².